The zero-order chi connectivity index (χ0) is 8.27. The zero-order valence-corrected chi connectivity index (χ0v) is 6.46. The third-order valence-electron chi connectivity index (χ3n) is 1.40. The van der Waals surface area contributed by atoms with Crippen LogP contribution in [0.2, 0.25) is 0 Å². The predicted octanol–water partition coefficient (Wildman–Crippen LogP) is 1.91. The molecule has 0 spiro atoms. The van der Waals surface area contributed by atoms with E-state index < -0.39 is 0 Å². The summed E-state index contributed by atoms with van der Waals surface area (Å²) in [6.45, 7) is 3.65. The highest BCUT2D eigenvalue weighted by Crippen LogP contribution is 2.16. The Kier molecular flexibility index (Phi) is 2.07. The van der Waals surface area contributed by atoms with E-state index in [2.05, 4.69) is 5.16 Å². The van der Waals surface area contributed by atoms with E-state index in [4.69, 9.17) is 9.78 Å². The Hall–Kier alpha value is -1.56. The van der Waals surface area contributed by atoms with Crippen LogP contribution in [0.25, 0.3) is 5.57 Å². The van der Waals surface area contributed by atoms with Crippen molar-refractivity contribution < 1.29 is 4.52 Å². The molecule has 0 radical (unpaired) electrons. The highest BCUT2D eigenvalue weighted by molar-refractivity contribution is 5.74. The van der Waals surface area contributed by atoms with Gasteiger partial charge in [-0.1, -0.05) is 11.2 Å². The molecule has 1 aromatic heterocycles. The summed E-state index contributed by atoms with van der Waals surface area (Å²) < 4.78 is 4.87. The van der Waals surface area contributed by atoms with Crippen molar-refractivity contribution in [3.63, 3.8) is 0 Å². The van der Waals surface area contributed by atoms with Gasteiger partial charge >= 0.3 is 0 Å². The van der Waals surface area contributed by atoms with Crippen LogP contribution < -0.4 is 0 Å². The highest BCUT2D eigenvalue weighted by atomic mass is 16.5. The molecule has 3 nitrogen and oxygen atoms in total. The maximum Gasteiger partial charge on any atom is 0.179 e. The molecule has 1 rings (SSSR count). The fraction of sp³-hybridized carbons (Fsp3) is 0.250. The van der Waals surface area contributed by atoms with Gasteiger partial charge in [-0.3, -0.25) is 0 Å². The van der Waals surface area contributed by atoms with Gasteiger partial charge in [0.25, 0.3) is 0 Å². The lowest BCUT2D eigenvalue weighted by molar-refractivity contribution is 0.410. The molecule has 0 atom stereocenters. The Balaban J connectivity index is 3.13. The van der Waals surface area contributed by atoms with E-state index in [-0.39, 0.29) is 0 Å². The predicted molar refractivity (Wildman–Crippen MR) is 40.5 cm³/mol. The van der Waals surface area contributed by atoms with E-state index >= 15 is 0 Å². The molecule has 11 heavy (non-hydrogen) atoms. The molecule has 0 saturated carbocycles. The Morgan fingerprint density at radius 3 is 2.91 bits per heavy atom. The Labute approximate surface area is 64.9 Å². The monoisotopic (exact) mass is 148 g/mol. The Morgan fingerprint density at radius 1 is 1.82 bits per heavy atom. The number of aryl methyl sites for hydroxylation is 1. The van der Waals surface area contributed by atoms with Crippen molar-refractivity contribution >= 4 is 5.57 Å². The van der Waals surface area contributed by atoms with E-state index in [9.17, 15) is 0 Å². The van der Waals surface area contributed by atoms with E-state index in [0.717, 1.165) is 5.56 Å². The van der Waals surface area contributed by atoms with Crippen LogP contribution in [-0.2, 0) is 0 Å². The molecule has 0 aliphatic heterocycles. The first-order valence-corrected chi connectivity index (χ1v) is 3.27. The van der Waals surface area contributed by atoms with E-state index in [0.29, 0.717) is 11.3 Å². The van der Waals surface area contributed by atoms with Crippen molar-refractivity contribution in [2.24, 2.45) is 0 Å². The van der Waals surface area contributed by atoms with Crippen LogP contribution in [0.1, 0.15) is 18.2 Å². The minimum Gasteiger partial charge on any atom is -0.355 e. The van der Waals surface area contributed by atoms with Crippen LogP contribution in [0.5, 0.6) is 0 Å². The van der Waals surface area contributed by atoms with E-state index in [1.165, 1.54) is 0 Å². The number of nitrogens with zero attached hydrogens (tertiary/aromatic N) is 2. The lowest BCUT2D eigenvalue weighted by Crippen LogP contribution is -1.78. The summed E-state index contributed by atoms with van der Waals surface area (Å²) in [5.41, 5.74) is 1.42. The summed E-state index contributed by atoms with van der Waals surface area (Å²) in [5.74, 6) is 0.565. The van der Waals surface area contributed by atoms with Crippen molar-refractivity contribution in [1.82, 2.24) is 5.16 Å². The maximum absolute atomic E-state index is 8.62. The second-order valence-corrected chi connectivity index (χ2v) is 2.15. The summed E-state index contributed by atoms with van der Waals surface area (Å²) >= 11 is 0. The van der Waals surface area contributed by atoms with Crippen LogP contribution in [0.4, 0.5) is 0 Å². The summed E-state index contributed by atoms with van der Waals surface area (Å²) in [7, 11) is 0. The van der Waals surface area contributed by atoms with Crippen LogP contribution in [0.15, 0.2) is 16.8 Å². The van der Waals surface area contributed by atoms with E-state index in [1.54, 1.807) is 19.2 Å². The van der Waals surface area contributed by atoms with Gasteiger partial charge in [-0.2, -0.15) is 5.26 Å². The largest absolute Gasteiger partial charge is 0.355 e. The molecule has 0 aliphatic rings. The molecule has 0 aliphatic carbocycles. The van der Waals surface area contributed by atoms with Gasteiger partial charge in [-0.05, 0) is 13.8 Å². The number of rotatable bonds is 1. The molecule has 0 bridgehead atoms. The number of hydrogen-bond acceptors (Lipinski definition) is 3. The van der Waals surface area contributed by atoms with Gasteiger partial charge in [0.1, 0.15) is 6.07 Å². The van der Waals surface area contributed by atoms with Crippen molar-refractivity contribution in [1.29, 1.82) is 5.26 Å². The van der Waals surface area contributed by atoms with Crippen molar-refractivity contribution in [3.05, 3.63) is 23.6 Å². The summed E-state index contributed by atoms with van der Waals surface area (Å²) in [5, 5.41) is 12.2. The molecule has 0 unspecified atom stereocenters. The molecule has 0 N–H and O–H groups in total. The summed E-state index contributed by atoms with van der Waals surface area (Å²) in [6.07, 6.45) is 3.30. The van der Waals surface area contributed by atoms with Gasteiger partial charge in [0, 0.05) is 5.56 Å². The first-order valence-electron chi connectivity index (χ1n) is 3.27. The Bertz CT molecular complexity index is 317. The van der Waals surface area contributed by atoms with Crippen LogP contribution in [0, 0.1) is 18.3 Å². The van der Waals surface area contributed by atoms with Gasteiger partial charge in [-0.15, -0.1) is 0 Å². The van der Waals surface area contributed by atoms with E-state index in [1.807, 2.05) is 13.0 Å². The SMILES string of the molecule is C/C=C(\C#N)c1oncc1C. The standard InChI is InChI=1S/C8H8N2O/c1-3-7(4-9)8-6(2)5-10-11-8/h3,5H,1-2H3/b7-3+. The second-order valence-electron chi connectivity index (χ2n) is 2.15. The third kappa shape index (κ3) is 1.30. The highest BCUT2D eigenvalue weighted by Gasteiger charge is 2.07. The maximum atomic E-state index is 8.62. The molecule has 0 amide bonds. The third-order valence-corrected chi connectivity index (χ3v) is 1.40. The number of aromatic nitrogens is 1. The second kappa shape index (κ2) is 3.02. The minimum absolute atomic E-state index is 0.528. The van der Waals surface area contributed by atoms with Gasteiger partial charge in [0.15, 0.2) is 5.76 Å². The van der Waals surface area contributed by atoms with Gasteiger partial charge in [-0.25, -0.2) is 0 Å². The summed E-state index contributed by atoms with van der Waals surface area (Å²) in [6, 6.07) is 2.02. The zero-order valence-electron chi connectivity index (χ0n) is 6.46. The average molecular weight is 148 g/mol. The van der Waals surface area contributed by atoms with Crippen LogP contribution in [-0.4, -0.2) is 5.16 Å². The molecule has 0 aromatic carbocycles. The van der Waals surface area contributed by atoms with Gasteiger partial charge in [0.05, 0.1) is 11.8 Å². The number of hydrogen-bond donors (Lipinski definition) is 0. The van der Waals surface area contributed by atoms with Crippen molar-refractivity contribution in [2.45, 2.75) is 13.8 Å². The first-order chi connectivity index (χ1) is 5.29. The van der Waals surface area contributed by atoms with Crippen molar-refractivity contribution in [2.75, 3.05) is 0 Å². The minimum atomic E-state index is 0.528. The lowest BCUT2D eigenvalue weighted by Gasteiger charge is -1.89. The van der Waals surface area contributed by atoms with Crippen molar-refractivity contribution in [3.8, 4) is 6.07 Å². The number of nitriles is 1. The van der Waals surface area contributed by atoms with Gasteiger partial charge in [0.2, 0.25) is 0 Å². The number of allylic oxidation sites excluding steroid dienone is 2. The summed E-state index contributed by atoms with van der Waals surface area (Å²) in [4.78, 5) is 0. The quantitative estimate of drug-likeness (QED) is 0.571. The van der Waals surface area contributed by atoms with Crippen LogP contribution in [0.3, 0.4) is 0 Å². The fourth-order valence-corrected chi connectivity index (χ4v) is 0.797. The molecule has 0 fully saturated rings. The molecule has 56 valence electrons. The first kappa shape index (κ1) is 7.55. The molecule has 1 aromatic rings. The lowest BCUT2D eigenvalue weighted by atomic mass is 10.1. The fourth-order valence-electron chi connectivity index (χ4n) is 0.797. The topological polar surface area (TPSA) is 49.8 Å². The molecule has 1 heterocycles. The average Bonchev–Trinajstić information content (AvgIpc) is 2.40. The molecular formula is C8H8N2O. The van der Waals surface area contributed by atoms with Crippen LogP contribution >= 0.6 is 0 Å². The smallest absolute Gasteiger partial charge is 0.179 e. The molecule has 3 heteroatoms. The van der Waals surface area contributed by atoms with Gasteiger partial charge < -0.3 is 4.52 Å². The molecule has 0 saturated heterocycles. The normalized spacial score (nSPS) is 11.2. The Morgan fingerprint density at radius 2 is 2.55 bits per heavy atom. The molecular weight excluding hydrogens is 140 g/mol.